The lowest BCUT2D eigenvalue weighted by Gasteiger charge is -2.59. The molecule has 3 heterocycles. The van der Waals surface area contributed by atoms with Crippen molar-refractivity contribution in [3.05, 3.63) is 18.0 Å². The van der Waals surface area contributed by atoms with Crippen LogP contribution in [0.1, 0.15) is 25.5 Å². The summed E-state index contributed by atoms with van der Waals surface area (Å²) < 4.78 is 0. The van der Waals surface area contributed by atoms with Gasteiger partial charge in [0.05, 0.1) is 0 Å². The van der Waals surface area contributed by atoms with E-state index in [4.69, 9.17) is 0 Å². The average molecular weight is 275 g/mol. The molecule has 2 aliphatic heterocycles. The van der Waals surface area contributed by atoms with Crippen LogP contribution in [-0.4, -0.2) is 64.8 Å². The molecule has 110 valence electrons. The molecule has 1 aromatic rings. The monoisotopic (exact) mass is 275 g/mol. The fraction of sp³-hybridized carbons (Fsp3) is 0.800. The van der Waals surface area contributed by atoms with Crippen LogP contribution in [0.15, 0.2) is 12.3 Å². The highest BCUT2D eigenvalue weighted by Crippen LogP contribution is 2.47. The highest BCUT2D eigenvalue weighted by Gasteiger charge is 2.51. The zero-order valence-corrected chi connectivity index (χ0v) is 12.3. The number of nitrogens with one attached hydrogen (secondary N) is 2. The van der Waals surface area contributed by atoms with Crippen LogP contribution < -0.4 is 5.32 Å². The molecule has 1 unspecified atom stereocenters. The third-order valence-corrected chi connectivity index (χ3v) is 5.52. The molecular formula is C15H25N5. The molecule has 1 aromatic heterocycles. The van der Waals surface area contributed by atoms with E-state index < -0.39 is 0 Å². The second-order valence-corrected chi connectivity index (χ2v) is 7.07. The second-order valence-electron chi connectivity index (χ2n) is 7.07. The summed E-state index contributed by atoms with van der Waals surface area (Å²) >= 11 is 0. The molecule has 4 rings (SSSR count). The molecule has 0 amide bonds. The van der Waals surface area contributed by atoms with Gasteiger partial charge in [0, 0.05) is 63.2 Å². The SMILES string of the molecule is CC1CN(Cc2ccn[nH]2)CCN1C1CC2(CNC2)C1. The topological polar surface area (TPSA) is 47.2 Å². The number of piperazine rings is 1. The maximum Gasteiger partial charge on any atom is 0.0492 e. The summed E-state index contributed by atoms with van der Waals surface area (Å²) in [5.74, 6) is 0. The Morgan fingerprint density at radius 2 is 2.20 bits per heavy atom. The number of hydrogen-bond donors (Lipinski definition) is 2. The van der Waals surface area contributed by atoms with Crippen molar-refractivity contribution in [2.45, 2.75) is 38.4 Å². The van der Waals surface area contributed by atoms with Crippen LogP contribution in [0.3, 0.4) is 0 Å². The summed E-state index contributed by atoms with van der Waals surface area (Å²) in [5, 5.41) is 10.5. The van der Waals surface area contributed by atoms with E-state index in [0.29, 0.717) is 11.5 Å². The maximum absolute atomic E-state index is 4.04. The molecule has 1 saturated carbocycles. The Bertz CT molecular complexity index is 445. The first-order valence-electron chi connectivity index (χ1n) is 7.91. The van der Waals surface area contributed by atoms with Crippen molar-refractivity contribution < 1.29 is 0 Å². The molecule has 1 atom stereocenters. The normalized spacial score (nSPS) is 31.1. The van der Waals surface area contributed by atoms with Crippen molar-refractivity contribution in [1.82, 2.24) is 25.3 Å². The van der Waals surface area contributed by atoms with Crippen LogP contribution in [-0.2, 0) is 6.54 Å². The van der Waals surface area contributed by atoms with Crippen LogP contribution in [0, 0.1) is 5.41 Å². The molecule has 1 spiro atoms. The minimum absolute atomic E-state index is 0.682. The number of rotatable bonds is 3. The van der Waals surface area contributed by atoms with Crippen molar-refractivity contribution in [1.29, 1.82) is 0 Å². The van der Waals surface area contributed by atoms with Gasteiger partial charge in [-0.15, -0.1) is 0 Å². The molecule has 0 bridgehead atoms. The molecule has 2 saturated heterocycles. The summed E-state index contributed by atoms with van der Waals surface area (Å²) in [4.78, 5) is 5.31. The quantitative estimate of drug-likeness (QED) is 0.851. The van der Waals surface area contributed by atoms with Gasteiger partial charge in [0.2, 0.25) is 0 Å². The predicted molar refractivity (Wildman–Crippen MR) is 78.4 cm³/mol. The van der Waals surface area contributed by atoms with Crippen molar-refractivity contribution in [2.24, 2.45) is 5.41 Å². The summed E-state index contributed by atoms with van der Waals surface area (Å²) in [5.41, 5.74) is 1.92. The summed E-state index contributed by atoms with van der Waals surface area (Å²) in [7, 11) is 0. The van der Waals surface area contributed by atoms with Gasteiger partial charge in [0.15, 0.2) is 0 Å². The smallest absolute Gasteiger partial charge is 0.0492 e. The first-order chi connectivity index (χ1) is 9.74. The van der Waals surface area contributed by atoms with E-state index in [-0.39, 0.29) is 0 Å². The van der Waals surface area contributed by atoms with Crippen LogP contribution in [0.5, 0.6) is 0 Å². The van der Waals surface area contributed by atoms with E-state index >= 15 is 0 Å². The van der Waals surface area contributed by atoms with Gasteiger partial charge in [-0.05, 0) is 31.2 Å². The molecule has 2 N–H and O–H groups in total. The summed E-state index contributed by atoms with van der Waals surface area (Å²) in [6.45, 7) is 9.52. The van der Waals surface area contributed by atoms with Gasteiger partial charge in [0.25, 0.3) is 0 Å². The number of hydrogen-bond acceptors (Lipinski definition) is 4. The average Bonchev–Trinajstić information content (AvgIpc) is 2.81. The van der Waals surface area contributed by atoms with Gasteiger partial charge in [-0.25, -0.2) is 0 Å². The Morgan fingerprint density at radius 3 is 2.80 bits per heavy atom. The first-order valence-corrected chi connectivity index (χ1v) is 7.91. The van der Waals surface area contributed by atoms with E-state index in [1.54, 1.807) is 0 Å². The Balaban J connectivity index is 1.30. The molecule has 1 aliphatic carbocycles. The van der Waals surface area contributed by atoms with Gasteiger partial charge in [-0.3, -0.25) is 14.9 Å². The fourth-order valence-electron chi connectivity index (χ4n) is 4.29. The van der Waals surface area contributed by atoms with Gasteiger partial charge in [0.1, 0.15) is 0 Å². The zero-order valence-electron chi connectivity index (χ0n) is 12.3. The highest BCUT2D eigenvalue weighted by molar-refractivity contribution is 5.07. The van der Waals surface area contributed by atoms with E-state index in [1.165, 1.54) is 51.3 Å². The van der Waals surface area contributed by atoms with E-state index in [2.05, 4.69) is 38.3 Å². The number of aromatic nitrogens is 2. The lowest BCUT2D eigenvalue weighted by Crippen LogP contribution is -2.68. The van der Waals surface area contributed by atoms with Crippen LogP contribution >= 0.6 is 0 Å². The van der Waals surface area contributed by atoms with Gasteiger partial charge in [-0.2, -0.15) is 5.10 Å². The Labute approximate surface area is 120 Å². The highest BCUT2D eigenvalue weighted by atomic mass is 15.3. The molecule has 5 nitrogen and oxygen atoms in total. The first kappa shape index (κ1) is 12.8. The van der Waals surface area contributed by atoms with Crippen molar-refractivity contribution >= 4 is 0 Å². The molecule has 0 aromatic carbocycles. The maximum atomic E-state index is 4.04. The van der Waals surface area contributed by atoms with E-state index in [1.807, 2.05) is 6.20 Å². The zero-order chi connectivity index (χ0) is 13.6. The van der Waals surface area contributed by atoms with E-state index in [9.17, 15) is 0 Å². The summed E-state index contributed by atoms with van der Waals surface area (Å²) in [6, 6.07) is 3.61. The minimum Gasteiger partial charge on any atom is -0.316 e. The predicted octanol–water partition coefficient (Wildman–Crippen LogP) is 0.668. The van der Waals surface area contributed by atoms with E-state index in [0.717, 1.165) is 12.6 Å². The van der Waals surface area contributed by atoms with Crippen LogP contribution in [0.2, 0.25) is 0 Å². The van der Waals surface area contributed by atoms with Gasteiger partial charge < -0.3 is 5.32 Å². The van der Waals surface area contributed by atoms with Crippen molar-refractivity contribution in [2.75, 3.05) is 32.7 Å². The molecule has 3 aliphatic rings. The van der Waals surface area contributed by atoms with Gasteiger partial charge in [-0.1, -0.05) is 0 Å². The number of nitrogens with zero attached hydrogens (tertiary/aromatic N) is 3. The minimum atomic E-state index is 0.682. The molecule has 0 radical (unpaired) electrons. The van der Waals surface area contributed by atoms with Crippen LogP contribution in [0.25, 0.3) is 0 Å². The summed E-state index contributed by atoms with van der Waals surface area (Å²) in [6.07, 6.45) is 4.69. The largest absolute Gasteiger partial charge is 0.316 e. The fourth-order valence-corrected chi connectivity index (χ4v) is 4.29. The number of aromatic amines is 1. The lowest BCUT2D eigenvalue weighted by molar-refractivity contribution is -0.0699. The van der Waals surface area contributed by atoms with Crippen molar-refractivity contribution in [3.63, 3.8) is 0 Å². The Morgan fingerprint density at radius 1 is 1.35 bits per heavy atom. The molecule has 20 heavy (non-hydrogen) atoms. The van der Waals surface area contributed by atoms with Crippen molar-refractivity contribution in [3.8, 4) is 0 Å². The second kappa shape index (κ2) is 4.83. The molecular weight excluding hydrogens is 250 g/mol. The number of H-pyrrole nitrogens is 1. The third kappa shape index (κ3) is 2.18. The van der Waals surface area contributed by atoms with Crippen LogP contribution in [0.4, 0.5) is 0 Å². The Kier molecular flexibility index (Phi) is 3.09. The lowest BCUT2D eigenvalue weighted by atomic mass is 9.61. The Hall–Kier alpha value is -0.910. The third-order valence-electron chi connectivity index (χ3n) is 5.52. The molecule has 5 heteroatoms. The standard InChI is InChI=1S/C15H25N5/c1-12-8-19(9-13-2-3-17-18-13)4-5-20(12)14-6-15(7-14)10-16-11-15/h2-3,12,14,16H,4-11H2,1H3,(H,17,18). The van der Waals surface area contributed by atoms with Gasteiger partial charge >= 0.3 is 0 Å². The molecule has 3 fully saturated rings.